The number of thiocarbonyl (C=S) groups is 1. The minimum absolute atomic E-state index is 0.243. The van der Waals surface area contributed by atoms with E-state index in [-0.39, 0.29) is 11.0 Å². The van der Waals surface area contributed by atoms with Gasteiger partial charge in [0.2, 0.25) is 0 Å². The highest BCUT2D eigenvalue weighted by Crippen LogP contribution is 2.27. The molecule has 0 aliphatic carbocycles. The highest BCUT2D eigenvalue weighted by Gasteiger charge is 2.13. The molecule has 2 aromatic carbocycles. The molecule has 6 heteroatoms. The van der Waals surface area contributed by atoms with Crippen LogP contribution in [-0.4, -0.2) is 25.2 Å². The zero-order valence-electron chi connectivity index (χ0n) is 14.1. The predicted molar refractivity (Wildman–Crippen MR) is 99.1 cm³/mol. The van der Waals surface area contributed by atoms with Crippen LogP contribution in [0.3, 0.4) is 0 Å². The molecule has 0 bridgehead atoms. The molecular formula is C18H20N2O3S. The molecule has 2 rings (SSSR count). The Morgan fingerprint density at radius 3 is 2.21 bits per heavy atom. The topological polar surface area (TPSA) is 59.6 Å². The summed E-state index contributed by atoms with van der Waals surface area (Å²) in [4.78, 5) is 12.3. The molecule has 0 fully saturated rings. The maximum Gasteiger partial charge on any atom is 0.257 e. The number of carbonyl (C=O) groups excluding carboxylic acids is 1. The van der Waals surface area contributed by atoms with E-state index in [0.29, 0.717) is 17.1 Å². The monoisotopic (exact) mass is 344 g/mol. The van der Waals surface area contributed by atoms with Crippen molar-refractivity contribution in [2.75, 3.05) is 19.5 Å². The van der Waals surface area contributed by atoms with E-state index in [9.17, 15) is 4.79 Å². The Balaban J connectivity index is 2.10. The van der Waals surface area contributed by atoms with Crippen molar-refractivity contribution in [3.05, 3.63) is 53.1 Å². The summed E-state index contributed by atoms with van der Waals surface area (Å²) >= 11 is 5.24. The third-order valence-electron chi connectivity index (χ3n) is 3.59. The third kappa shape index (κ3) is 4.02. The summed E-state index contributed by atoms with van der Waals surface area (Å²) in [6, 6.07) is 10.9. The maximum absolute atomic E-state index is 12.3. The summed E-state index contributed by atoms with van der Waals surface area (Å²) in [7, 11) is 3.06. The Labute approximate surface area is 147 Å². The fourth-order valence-corrected chi connectivity index (χ4v) is 2.50. The lowest BCUT2D eigenvalue weighted by Crippen LogP contribution is -2.34. The average Bonchev–Trinajstić information content (AvgIpc) is 2.57. The van der Waals surface area contributed by atoms with Crippen LogP contribution in [0.2, 0.25) is 0 Å². The molecule has 0 aromatic heterocycles. The second-order valence-electron chi connectivity index (χ2n) is 5.24. The molecule has 2 aromatic rings. The number of hydrogen-bond acceptors (Lipinski definition) is 4. The zero-order chi connectivity index (χ0) is 17.7. The number of aryl methyl sites for hydroxylation is 2. The number of nitrogens with one attached hydrogen (secondary N) is 2. The van der Waals surface area contributed by atoms with Gasteiger partial charge in [-0.1, -0.05) is 18.2 Å². The molecule has 0 heterocycles. The fourth-order valence-electron chi connectivity index (χ4n) is 2.31. The van der Waals surface area contributed by atoms with Crippen molar-refractivity contribution in [1.82, 2.24) is 5.32 Å². The predicted octanol–water partition coefficient (Wildman–Crippen LogP) is 3.45. The van der Waals surface area contributed by atoms with Gasteiger partial charge in [-0.25, -0.2) is 0 Å². The number of hydrogen-bond donors (Lipinski definition) is 2. The van der Waals surface area contributed by atoms with Crippen molar-refractivity contribution in [2.45, 2.75) is 13.8 Å². The third-order valence-corrected chi connectivity index (χ3v) is 3.80. The molecule has 5 nitrogen and oxygen atoms in total. The molecule has 126 valence electrons. The number of benzene rings is 2. The minimum Gasteiger partial charge on any atom is -0.493 e. The van der Waals surface area contributed by atoms with Crippen molar-refractivity contribution in [2.24, 2.45) is 0 Å². The van der Waals surface area contributed by atoms with Gasteiger partial charge in [0.25, 0.3) is 5.91 Å². The average molecular weight is 344 g/mol. The molecule has 0 saturated carbocycles. The first-order valence-corrected chi connectivity index (χ1v) is 7.77. The van der Waals surface area contributed by atoms with Gasteiger partial charge in [0, 0.05) is 11.3 Å². The summed E-state index contributed by atoms with van der Waals surface area (Å²) < 4.78 is 10.4. The van der Waals surface area contributed by atoms with Gasteiger partial charge in [-0.05, 0) is 55.4 Å². The summed E-state index contributed by atoms with van der Waals surface area (Å²) in [6.45, 7) is 3.96. The van der Waals surface area contributed by atoms with Gasteiger partial charge >= 0.3 is 0 Å². The van der Waals surface area contributed by atoms with Gasteiger partial charge in [0.1, 0.15) is 0 Å². The van der Waals surface area contributed by atoms with Crippen LogP contribution in [-0.2, 0) is 0 Å². The molecule has 0 saturated heterocycles. The van der Waals surface area contributed by atoms with Crippen molar-refractivity contribution in [3.8, 4) is 11.5 Å². The number of carbonyl (C=O) groups is 1. The number of ether oxygens (including phenoxy) is 2. The lowest BCUT2D eigenvalue weighted by molar-refractivity contribution is 0.0977. The van der Waals surface area contributed by atoms with Gasteiger partial charge < -0.3 is 14.8 Å². The Morgan fingerprint density at radius 2 is 1.62 bits per heavy atom. The molecular weight excluding hydrogens is 324 g/mol. The quantitative estimate of drug-likeness (QED) is 0.832. The van der Waals surface area contributed by atoms with Crippen molar-refractivity contribution < 1.29 is 14.3 Å². The minimum atomic E-state index is -0.320. The van der Waals surface area contributed by atoms with Crippen LogP contribution in [0.4, 0.5) is 5.69 Å². The van der Waals surface area contributed by atoms with E-state index >= 15 is 0 Å². The van der Waals surface area contributed by atoms with Crippen LogP contribution in [0.5, 0.6) is 11.5 Å². The lowest BCUT2D eigenvalue weighted by atomic mass is 10.1. The number of para-hydroxylation sites is 1. The number of rotatable bonds is 4. The van der Waals surface area contributed by atoms with E-state index in [4.69, 9.17) is 21.7 Å². The molecule has 24 heavy (non-hydrogen) atoms. The molecule has 0 aliphatic rings. The number of methoxy groups -OCH3 is 2. The molecule has 0 radical (unpaired) electrons. The highest BCUT2D eigenvalue weighted by atomic mass is 32.1. The maximum atomic E-state index is 12.3. The number of amides is 1. The summed E-state index contributed by atoms with van der Waals surface area (Å²) in [6.07, 6.45) is 0. The van der Waals surface area contributed by atoms with E-state index in [1.54, 1.807) is 25.3 Å². The standard InChI is InChI=1S/C18H20N2O3S/c1-11-6-5-7-12(2)16(11)19-18(24)20-17(21)13-8-9-14(22-3)15(10-13)23-4/h5-10H,1-4H3,(H2,19,20,21,24). The Hall–Kier alpha value is -2.60. The smallest absolute Gasteiger partial charge is 0.257 e. The summed E-state index contributed by atoms with van der Waals surface area (Å²) in [5.74, 6) is 0.726. The van der Waals surface area contributed by atoms with Crippen LogP contribution < -0.4 is 20.1 Å². The molecule has 0 unspecified atom stereocenters. The molecule has 2 N–H and O–H groups in total. The summed E-state index contributed by atoms with van der Waals surface area (Å²) in [5, 5.41) is 5.99. The van der Waals surface area contributed by atoms with Crippen molar-refractivity contribution in [1.29, 1.82) is 0 Å². The van der Waals surface area contributed by atoms with Crippen LogP contribution in [0.25, 0.3) is 0 Å². The first-order chi connectivity index (χ1) is 11.5. The molecule has 1 amide bonds. The normalized spacial score (nSPS) is 10.0. The van der Waals surface area contributed by atoms with Crippen LogP contribution in [0.15, 0.2) is 36.4 Å². The van der Waals surface area contributed by atoms with E-state index in [2.05, 4.69) is 10.6 Å². The molecule has 0 aliphatic heterocycles. The Bertz CT molecular complexity index is 755. The molecule has 0 spiro atoms. The number of anilines is 1. The van der Waals surface area contributed by atoms with Gasteiger partial charge in [-0.2, -0.15) is 0 Å². The Morgan fingerprint density at radius 1 is 1.00 bits per heavy atom. The first-order valence-electron chi connectivity index (χ1n) is 7.37. The molecule has 0 atom stereocenters. The van der Waals surface area contributed by atoms with Crippen LogP contribution in [0.1, 0.15) is 21.5 Å². The zero-order valence-corrected chi connectivity index (χ0v) is 14.9. The van der Waals surface area contributed by atoms with E-state index in [1.807, 2.05) is 32.0 Å². The Kier molecular flexibility index (Phi) is 5.76. The van der Waals surface area contributed by atoms with Gasteiger partial charge in [-0.3, -0.25) is 10.1 Å². The van der Waals surface area contributed by atoms with E-state index in [0.717, 1.165) is 16.8 Å². The van der Waals surface area contributed by atoms with Gasteiger partial charge in [-0.15, -0.1) is 0 Å². The SMILES string of the molecule is COc1ccc(C(=O)NC(=S)Nc2c(C)cccc2C)cc1OC. The largest absolute Gasteiger partial charge is 0.493 e. The van der Waals surface area contributed by atoms with Gasteiger partial charge in [0.05, 0.1) is 14.2 Å². The van der Waals surface area contributed by atoms with E-state index < -0.39 is 0 Å². The second-order valence-corrected chi connectivity index (χ2v) is 5.65. The van der Waals surface area contributed by atoms with Crippen LogP contribution >= 0.6 is 12.2 Å². The van der Waals surface area contributed by atoms with Crippen molar-refractivity contribution >= 4 is 28.9 Å². The van der Waals surface area contributed by atoms with E-state index in [1.165, 1.54) is 7.11 Å². The second kappa shape index (κ2) is 7.79. The van der Waals surface area contributed by atoms with Crippen LogP contribution in [0, 0.1) is 13.8 Å². The highest BCUT2D eigenvalue weighted by molar-refractivity contribution is 7.80. The summed E-state index contributed by atoms with van der Waals surface area (Å²) in [5.41, 5.74) is 3.43. The first kappa shape index (κ1) is 17.7. The lowest BCUT2D eigenvalue weighted by Gasteiger charge is -2.14. The van der Waals surface area contributed by atoms with Crippen molar-refractivity contribution in [3.63, 3.8) is 0 Å². The van der Waals surface area contributed by atoms with Gasteiger partial charge in [0.15, 0.2) is 16.6 Å². The fraction of sp³-hybridized carbons (Fsp3) is 0.222.